The normalized spacial score (nSPS) is 10.5. The maximum absolute atomic E-state index is 4.25. The molecule has 12 heavy (non-hydrogen) atoms. The van der Waals surface area contributed by atoms with Crippen molar-refractivity contribution in [3.63, 3.8) is 0 Å². The number of aromatic nitrogens is 2. The van der Waals surface area contributed by atoms with Gasteiger partial charge in [-0.05, 0) is 22.0 Å². The van der Waals surface area contributed by atoms with Crippen LogP contribution in [0.4, 0.5) is 0 Å². The summed E-state index contributed by atoms with van der Waals surface area (Å²) >= 11 is 4.71. The highest BCUT2D eigenvalue weighted by Gasteiger charge is 2.06. The topological polar surface area (TPSA) is 25.8 Å². The number of hydrogen-bond donors (Lipinski definition) is 0. The zero-order valence-electron chi connectivity index (χ0n) is 6.54. The SMILES string of the molecule is CBc1ccc(Br)c2nsnc12. The van der Waals surface area contributed by atoms with E-state index >= 15 is 0 Å². The minimum atomic E-state index is 0.986. The molecule has 0 amide bonds. The molecule has 60 valence electrons. The van der Waals surface area contributed by atoms with E-state index in [4.69, 9.17) is 0 Å². The van der Waals surface area contributed by atoms with Crippen LogP contribution in [-0.2, 0) is 0 Å². The molecule has 1 heterocycles. The third-order valence-electron chi connectivity index (χ3n) is 1.83. The van der Waals surface area contributed by atoms with Crippen LogP contribution in [-0.4, -0.2) is 16.0 Å². The molecule has 2 aromatic rings. The second kappa shape index (κ2) is 3.14. The number of fused-ring (bicyclic) bond motifs is 1. The van der Waals surface area contributed by atoms with E-state index in [1.165, 1.54) is 17.2 Å². The Bertz CT molecular complexity index is 415. The van der Waals surface area contributed by atoms with E-state index in [0.29, 0.717) is 0 Å². The number of benzene rings is 1. The minimum absolute atomic E-state index is 0.986. The lowest BCUT2D eigenvalue weighted by Gasteiger charge is -1.96. The molecule has 0 unspecified atom stereocenters. The summed E-state index contributed by atoms with van der Waals surface area (Å²) in [5, 5.41) is 0. The van der Waals surface area contributed by atoms with Crippen molar-refractivity contribution in [2.45, 2.75) is 6.82 Å². The van der Waals surface area contributed by atoms with Crippen LogP contribution < -0.4 is 5.46 Å². The van der Waals surface area contributed by atoms with Crippen LogP contribution in [0.3, 0.4) is 0 Å². The zero-order chi connectivity index (χ0) is 8.55. The fourth-order valence-electron chi connectivity index (χ4n) is 1.17. The third kappa shape index (κ3) is 1.17. The van der Waals surface area contributed by atoms with Crippen molar-refractivity contribution in [1.29, 1.82) is 0 Å². The highest BCUT2D eigenvalue weighted by atomic mass is 79.9. The predicted molar refractivity (Wildman–Crippen MR) is 57.8 cm³/mol. The van der Waals surface area contributed by atoms with Gasteiger partial charge in [0.25, 0.3) is 0 Å². The van der Waals surface area contributed by atoms with Gasteiger partial charge in [0.2, 0.25) is 0 Å². The van der Waals surface area contributed by atoms with Crippen LogP contribution in [0.25, 0.3) is 11.0 Å². The first-order valence-electron chi connectivity index (χ1n) is 3.72. The van der Waals surface area contributed by atoms with Gasteiger partial charge >= 0.3 is 0 Å². The van der Waals surface area contributed by atoms with Crippen molar-refractivity contribution < 1.29 is 0 Å². The summed E-state index contributed by atoms with van der Waals surface area (Å²) in [5.74, 6) is 0. The first-order chi connectivity index (χ1) is 5.83. The summed E-state index contributed by atoms with van der Waals surface area (Å²) in [4.78, 5) is 0. The molecule has 0 atom stereocenters. The van der Waals surface area contributed by atoms with Crippen LogP contribution in [0, 0.1) is 0 Å². The van der Waals surface area contributed by atoms with Gasteiger partial charge in [0.05, 0.1) is 17.2 Å². The Balaban J connectivity index is 2.82. The Morgan fingerprint density at radius 1 is 1.33 bits per heavy atom. The smallest absolute Gasteiger partial charge is 0.157 e. The predicted octanol–water partition coefficient (Wildman–Crippen LogP) is 1.56. The lowest BCUT2D eigenvalue weighted by molar-refractivity contribution is 1.63. The first kappa shape index (κ1) is 8.20. The molecule has 1 aromatic carbocycles. The number of halogens is 1. The molecular weight excluding hydrogens is 235 g/mol. The van der Waals surface area contributed by atoms with Crippen LogP contribution in [0.2, 0.25) is 6.82 Å². The summed E-state index contributed by atoms with van der Waals surface area (Å²) in [5.41, 5.74) is 3.29. The molecule has 0 saturated heterocycles. The van der Waals surface area contributed by atoms with E-state index in [1.54, 1.807) is 0 Å². The molecule has 0 aliphatic heterocycles. The summed E-state index contributed by atoms with van der Waals surface area (Å²) in [6.07, 6.45) is 0. The molecule has 0 aliphatic rings. The molecule has 1 aromatic heterocycles. The molecule has 0 radical (unpaired) electrons. The lowest BCUT2D eigenvalue weighted by Crippen LogP contribution is -2.11. The molecule has 2 rings (SSSR count). The van der Waals surface area contributed by atoms with Crippen molar-refractivity contribution in [3.05, 3.63) is 16.6 Å². The van der Waals surface area contributed by atoms with Crippen LogP contribution >= 0.6 is 27.7 Å². The Labute approximate surface area is 83.7 Å². The Kier molecular flexibility index (Phi) is 2.15. The van der Waals surface area contributed by atoms with Crippen molar-refractivity contribution in [2.24, 2.45) is 0 Å². The van der Waals surface area contributed by atoms with Gasteiger partial charge in [-0.25, -0.2) is 0 Å². The van der Waals surface area contributed by atoms with Gasteiger partial charge in [-0.1, -0.05) is 18.4 Å². The molecule has 2 nitrogen and oxygen atoms in total. The zero-order valence-corrected chi connectivity index (χ0v) is 8.94. The van der Waals surface area contributed by atoms with Gasteiger partial charge in [0.15, 0.2) is 7.28 Å². The first-order valence-corrected chi connectivity index (χ1v) is 5.25. The molecule has 0 N–H and O–H groups in total. The van der Waals surface area contributed by atoms with Crippen molar-refractivity contribution in [2.75, 3.05) is 0 Å². The van der Waals surface area contributed by atoms with E-state index in [2.05, 4.69) is 37.6 Å². The lowest BCUT2D eigenvalue weighted by atomic mass is 9.73. The van der Waals surface area contributed by atoms with Gasteiger partial charge in [-0.2, -0.15) is 8.75 Å². The summed E-state index contributed by atoms with van der Waals surface area (Å²) in [6.45, 7) is 2.13. The van der Waals surface area contributed by atoms with Gasteiger partial charge < -0.3 is 0 Å². The quantitative estimate of drug-likeness (QED) is 0.708. The molecule has 0 fully saturated rings. The second-order valence-electron chi connectivity index (χ2n) is 2.52. The van der Waals surface area contributed by atoms with E-state index in [0.717, 1.165) is 22.8 Å². The maximum atomic E-state index is 4.25. The second-order valence-corrected chi connectivity index (χ2v) is 3.90. The highest BCUT2D eigenvalue weighted by Crippen LogP contribution is 2.19. The van der Waals surface area contributed by atoms with E-state index in [9.17, 15) is 0 Å². The van der Waals surface area contributed by atoms with Gasteiger partial charge in [-0.3, -0.25) is 0 Å². The highest BCUT2D eigenvalue weighted by molar-refractivity contribution is 9.10. The van der Waals surface area contributed by atoms with E-state index in [-0.39, 0.29) is 0 Å². The van der Waals surface area contributed by atoms with E-state index < -0.39 is 0 Å². The summed E-state index contributed by atoms with van der Waals surface area (Å²) < 4.78 is 9.49. The molecule has 0 spiro atoms. The number of rotatable bonds is 1. The molecule has 5 heteroatoms. The fourth-order valence-corrected chi connectivity index (χ4v) is 2.29. The summed E-state index contributed by atoms with van der Waals surface area (Å²) in [6, 6.07) is 4.12. The Morgan fingerprint density at radius 3 is 2.83 bits per heavy atom. The van der Waals surface area contributed by atoms with Gasteiger partial charge in [0, 0.05) is 4.47 Å². The van der Waals surface area contributed by atoms with Gasteiger partial charge in [0.1, 0.15) is 5.52 Å². The summed E-state index contributed by atoms with van der Waals surface area (Å²) in [7, 11) is 1.01. The third-order valence-corrected chi connectivity index (χ3v) is 3.00. The van der Waals surface area contributed by atoms with Crippen LogP contribution in [0.15, 0.2) is 16.6 Å². The average Bonchev–Trinajstić information content (AvgIpc) is 2.54. The fraction of sp³-hybridized carbons (Fsp3) is 0.143. The van der Waals surface area contributed by atoms with Crippen molar-refractivity contribution in [1.82, 2.24) is 8.75 Å². The molecular formula is C7H6BBrN2S. The van der Waals surface area contributed by atoms with Crippen molar-refractivity contribution in [3.8, 4) is 0 Å². The number of hydrogen-bond acceptors (Lipinski definition) is 3. The van der Waals surface area contributed by atoms with Crippen LogP contribution in [0.1, 0.15) is 0 Å². The largest absolute Gasteiger partial charge is 0.173 e. The molecule has 0 aliphatic carbocycles. The Morgan fingerprint density at radius 2 is 2.08 bits per heavy atom. The van der Waals surface area contributed by atoms with Crippen LogP contribution in [0.5, 0.6) is 0 Å². The monoisotopic (exact) mass is 240 g/mol. The number of nitrogens with zero attached hydrogens (tertiary/aromatic N) is 2. The standard InChI is InChI=1S/C7H6BBrN2S/c1-8-4-2-3-5(9)7-6(4)10-12-11-7/h2-3,8H,1H3. The molecule has 0 bridgehead atoms. The van der Waals surface area contributed by atoms with Gasteiger partial charge in [-0.15, -0.1) is 0 Å². The van der Waals surface area contributed by atoms with Crippen molar-refractivity contribution >= 4 is 51.4 Å². The maximum Gasteiger partial charge on any atom is 0.157 e. The average molecular weight is 241 g/mol. The Hall–Kier alpha value is -0.415. The molecule has 0 saturated carbocycles. The van der Waals surface area contributed by atoms with E-state index in [1.807, 2.05) is 6.07 Å². The minimum Gasteiger partial charge on any atom is -0.173 e.